The van der Waals surface area contributed by atoms with Gasteiger partial charge in [-0.25, -0.2) is 0 Å². The maximum Gasteiger partial charge on any atom is 0.0675 e. The lowest BCUT2D eigenvalue weighted by Crippen LogP contribution is -2.30. The maximum atomic E-state index is 5.70. The van der Waals surface area contributed by atoms with E-state index < -0.39 is 0 Å². The van der Waals surface area contributed by atoms with Crippen LogP contribution >= 0.6 is 0 Å². The predicted octanol–water partition coefficient (Wildman–Crippen LogP) is 2.75. The van der Waals surface area contributed by atoms with E-state index in [-0.39, 0.29) is 6.04 Å². The van der Waals surface area contributed by atoms with Gasteiger partial charge in [-0.2, -0.15) is 0 Å². The van der Waals surface area contributed by atoms with Crippen molar-refractivity contribution < 1.29 is 0 Å². The highest BCUT2D eigenvalue weighted by Gasteiger charge is 2.14. The lowest BCUT2D eigenvalue weighted by molar-refractivity contribution is 0.535. The average molecular weight is 255 g/mol. The van der Waals surface area contributed by atoms with E-state index >= 15 is 0 Å². The molecule has 0 aliphatic heterocycles. The zero-order valence-electron chi connectivity index (χ0n) is 11.8. The van der Waals surface area contributed by atoms with Gasteiger partial charge in [0.1, 0.15) is 0 Å². The Balaban J connectivity index is 2.24. The third-order valence-corrected chi connectivity index (χ3v) is 3.59. The Morgan fingerprint density at radius 1 is 1.11 bits per heavy atom. The summed E-state index contributed by atoms with van der Waals surface area (Å²) in [7, 11) is 0. The number of nitrogens with two attached hydrogens (primary N) is 1. The van der Waals surface area contributed by atoms with E-state index in [1.807, 2.05) is 12.3 Å². The minimum Gasteiger partial charge on any atom is -0.271 e. The Kier molecular flexibility index (Phi) is 4.30. The van der Waals surface area contributed by atoms with Crippen LogP contribution < -0.4 is 11.3 Å². The van der Waals surface area contributed by atoms with Crippen LogP contribution in [0.5, 0.6) is 0 Å². The van der Waals surface area contributed by atoms with Crippen molar-refractivity contribution in [1.82, 2.24) is 10.4 Å². The van der Waals surface area contributed by atoms with Crippen LogP contribution in [0.15, 0.2) is 36.5 Å². The van der Waals surface area contributed by atoms with Gasteiger partial charge in [-0.05, 0) is 55.5 Å². The SMILES string of the molecule is Cc1ccc(CC(NN)c2ncccc2C)cc1C. The van der Waals surface area contributed by atoms with Crippen LogP contribution in [0.1, 0.15) is 34.0 Å². The summed E-state index contributed by atoms with van der Waals surface area (Å²) >= 11 is 0. The Labute approximate surface area is 114 Å². The van der Waals surface area contributed by atoms with Crippen LogP contribution in [0.25, 0.3) is 0 Å². The van der Waals surface area contributed by atoms with Crippen molar-refractivity contribution >= 4 is 0 Å². The van der Waals surface area contributed by atoms with Crippen molar-refractivity contribution in [1.29, 1.82) is 0 Å². The summed E-state index contributed by atoms with van der Waals surface area (Å²) in [5.41, 5.74) is 8.96. The van der Waals surface area contributed by atoms with Gasteiger partial charge in [0.15, 0.2) is 0 Å². The molecule has 0 bridgehead atoms. The van der Waals surface area contributed by atoms with Crippen molar-refractivity contribution in [3.05, 3.63) is 64.5 Å². The fourth-order valence-electron chi connectivity index (χ4n) is 2.26. The van der Waals surface area contributed by atoms with Gasteiger partial charge in [-0.15, -0.1) is 0 Å². The number of hydrazine groups is 1. The molecule has 1 atom stereocenters. The number of rotatable bonds is 4. The minimum absolute atomic E-state index is 0.0447. The molecule has 0 saturated carbocycles. The van der Waals surface area contributed by atoms with E-state index in [9.17, 15) is 0 Å². The van der Waals surface area contributed by atoms with E-state index in [1.165, 1.54) is 16.7 Å². The molecular weight excluding hydrogens is 234 g/mol. The molecule has 1 unspecified atom stereocenters. The van der Waals surface area contributed by atoms with Crippen LogP contribution in [0, 0.1) is 20.8 Å². The number of hydrogen-bond donors (Lipinski definition) is 2. The molecule has 1 aromatic heterocycles. The first-order valence-electron chi connectivity index (χ1n) is 6.55. The summed E-state index contributed by atoms with van der Waals surface area (Å²) in [5, 5.41) is 0. The smallest absolute Gasteiger partial charge is 0.0675 e. The monoisotopic (exact) mass is 255 g/mol. The first-order chi connectivity index (χ1) is 9.11. The van der Waals surface area contributed by atoms with Gasteiger partial charge >= 0.3 is 0 Å². The fraction of sp³-hybridized carbons (Fsp3) is 0.312. The molecule has 100 valence electrons. The molecular formula is C16H21N3. The fourth-order valence-corrected chi connectivity index (χ4v) is 2.26. The predicted molar refractivity (Wildman–Crippen MR) is 78.7 cm³/mol. The van der Waals surface area contributed by atoms with Gasteiger partial charge in [0.2, 0.25) is 0 Å². The zero-order chi connectivity index (χ0) is 13.8. The third-order valence-electron chi connectivity index (χ3n) is 3.59. The van der Waals surface area contributed by atoms with Crippen LogP contribution in [-0.2, 0) is 6.42 Å². The highest BCUT2D eigenvalue weighted by Crippen LogP contribution is 2.20. The third kappa shape index (κ3) is 3.19. The first kappa shape index (κ1) is 13.7. The molecule has 0 aliphatic carbocycles. The Morgan fingerprint density at radius 3 is 2.53 bits per heavy atom. The molecule has 0 spiro atoms. The molecule has 19 heavy (non-hydrogen) atoms. The van der Waals surface area contributed by atoms with Gasteiger partial charge in [0.05, 0.1) is 11.7 Å². The quantitative estimate of drug-likeness (QED) is 0.652. The normalized spacial score (nSPS) is 12.4. The summed E-state index contributed by atoms with van der Waals surface area (Å²) in [6.45, 7) is 6.32. The van der Waals surface area contributed by atoms with Crippen LogP contribution in [0.2, 0.25) is 0 Å². The number of nitrogens with one attached hydrogen (secondary N) is 1. The molecule has 0 amide bonds. The number of aryl methyl sites for hydroxylation is 3. The van der Waals surface area contributed by atoms with Crippen molar-refractivity contribution in [3.8, 4) is 0 Å². The van der Waals surface area contributed by atoms with Crippen LogP contribution in [0.4, 0.5) is 0 Å². The van der Waals surface area contributed by atoms with Gasteiger partial charge in [0.25, 0.3) is 0 Å². The molecule has 3 nitrogen and oxygen atoms in total. The second kappa shape index (κ2) is 5.95. The summed E-state index contributed by atoms with van der Waals surface area (Å²) in [6.07, 6.45) is 2.66. The second-order valence-corrected chi connectivity index (χ2v) is 5.05. The topological polar surface area (TPSA) is 50.9 Å². The largest absolute Gasteiger partial charge is 0.271 e. The van der Waals surface area contributed by atoms with Gasteiger partial charge in [-0.3, -0.25) is 16.3 Å². The Morgan fingerprint density at radius 2 is 1.89 bits per heavy atom. The van der Waals surface area contributed by atoms with Crippen molar-refractivity contribution in [2.75, 3.05) is 0 Å². The van der Waals surface area contributed by atoms with E-state index in [0.29, 0.717) is 0 Å². The molecule has 0 radical (unpaired) electrons. The maximum absolute atomic E-state index is 5.70. The van der Waals surface area contributed by atoms with Crippen molar-refractivity contribution in [3.63, 3.8) is 0 Å². The molecule has 1 heterocycles. The minimum atomic E-state index is 0.0447. The van der Waals surface area contributed by atoms with Gasteiger partial charge in [0, 0.05) is 6.20 Å². The summed E-state index contributed by atoms with van der Waals surface area (Å²) in [4.78, 5) is 4.44. The van der Waals surface area contributed by atoms with Gasteiger partial charge < -0.3 is 0 Å². The number of pyridine rings is 1. The zero-order valence-corrected chi connectivity index (χ0v) is 11.8. The highest BCUT2D eigenvalue weighted by atomic mass is 15.2. The Bertz CT molecular complexity index is 564. The second-order valence-electron chi connectivity index (χ2n) is 5.05. The van der Waals surface area contributed by atoms with E-state index in [4.69, 9.17) is 5.84 Å². The first-order valence-corrected chi connectivity index (χ1v) is 6.55. The lowest BCUT2D eigenvalue weighted by Gasteiger charge is -2.18. The van der Waals surface area contributed by atoms with Crippen molar-refractivity contribution in [2.24, 2.45) is 5.84 Å². The highest BCUT2D eigenvalue weighted by molar-refractivity contribution is 5.31. The van der Waals surface area contributed by atoms with E-state index in [2.05, 4.69) is 55.4 Å². The molecule has 0 aliphatic rings. The number of hydrogen-bond acceptors (Lipinski definition) is 3. The Hall–Kier alpha value is -1.71. The van der Waals surface area contributed by atoms with Crippen molar-refractivity contribution in [2.45, 2.75) is 33.2 Å². The molecule has 0 saturated heterocycles. The van der Waals surface area contributed by atoms with Gasteiger partial charge in [-0.1, -0.05) is 24.3 Å². The number of nitrogens with zero attached hydrogens (tertiary/aromatic N) is 1. The molecule has 1 aromatic carbocycles. The molecule has 2 aromatic rings. The van der Waals surface area contributed by atoms with E-state index in [1.54, 1.807) is 0 Å². The van der Waals surface area contributed by atoms with Crippen LogP contribution in [-0.4, -0.2) is 4.98 Å². The number of aromatic nitrogens is 1. The molecule has 2 rings (SSSR count). The van der Waals surface area contributed by atoms with E-state index in [0.717, 1.165) is 17.7 Å². The van der Waals surface area contributed by atoms with Crippen LogP contribution in [0.3, 0.4) is 0 Å². The summed E-state index contributed by atoms with van der Waals surface area (Å²) in [5.74, 6) is 5.70. The molecule has 3 heteroatoms. The molecule has 3 N–H and O–H groups in total. The molecule has 0 fully saturated rings. The lowest BCUT2D eigenvalue weighted by atomic mass is 9.98. The number of benzene rings is 1. The summed E-state index contributed by atoms with van der Waals surface area (Å²) in [6, 6.07) is 10.6. The summed E-state index contributed by atoms with van der Waals surface area (Å²) < 4.78 is 0. The standard InChI is InChI=1S/C16H21N3/c1-11-6-7-14(9-13(11)3)10-15(19-17)16-12(2)5-4-8-18-16/h4-9,15,19H,10,17H2,1-3H3. The average Bonchev–Trinajstić information content (AvgIpc) is 2.41.